The van der Waals surface area contributed by atoms with Crippen LogP contribution in [0.3, 0.4) is 0 Å². The van der Waals surface area contributed by atoms with Crippen LogP contribution < -0.4 is 15.0 Å². The number of anilines is 2. The number of amides is 3. The average Bonchev–Trinajstić information content (AvgIpc) is 2.71. The fourth-order valence-corrected chi connectivity index (χ4v) is 3.37. The van der Waals surface area contributed by atoms with Gasteiger partial charge in [0, 0.05) is 32.0 Å². The molecular formula is C22H25N3O4. The van der Waals surface area contributed by atoms with Gasteiger partial charge >= 0.3 is 0 Å². The highest BCUT2D eigenvalue weighted by molar-refractivity contribution is 6.10. The summed E-state index contributed by atoms with van der Waals surface area (Å²) in [5.74, 6) is 0.0909. The lowest BCUT2D eigenvalue weighted by molar-refractivity contribution is -0.132. The molecule has 29 heavy (non-hydrogen) atoms. The highest BCUT2D eigenvalue weighted by Gasteiger charge is 2.27. The van der Waals surface area contributed by atoms with Crippen molar-refractivity contribution in [3.63, 3.8) is 0 Å². The number of benzene rings is 2. The molecule has 7 heteroatoms. The average molecular weight is 395 g/mol. The van der Waals surface area contributed by atoms with Crippen LogP contribution in [-0.4, -0.2) is 43.3 Å². The number of fused-ring (bicyclic) bond motifs is 1. The van der Waals surface area contributed by atoms with E-state index in [-0.39, 0.29) is 37.1 Å². The first-order chi connectivity index (χ1) is 13.9. The molecule has 0 bridgehead atoms. The van der Waals surface area contributed by atoms with E-state index in [4.69, 9.17) is 4.74 Å². The number of carbonyl (C=O) groups is 3. The maximum absolute atomic E-state index is 12.7. The fourth-order valence-electron chi connectivity index (χ4n) is 3.37. The van der Waals surface area contributed by atoms with E-state index < -0.39 is 0 Å². The van der Waals surface area contributed by atoms with Crippen molar-refractivity contribution >= 4 is 29.1 Å². The zero-order valence-electron chi connectivity index (χ0n) is 16.9. The maximum atomic E-state index is 12.7. The molecule has 0 aromatic heterocycles. The summed E-state index contributed by atoms with van der Waals surface area (Å²) in [5, 5.41) is 2.75. The Morgan fingerprint density at radius 2 is 1.93 bits per heavy atom. The highest BCUT2D eigenvalue weighted by atomic mass is 16.5. The van der Waals surface area contributed by atoms with Gasteiger partial charge in [0.2, 0.25) is 17.7 Å². The molecule has 0 radical (unpaired) electrons. The number of rotatable bonds is 6. The summed E-state index contributed by atoms with van der Waals surface area (Å²) in [6.07, 6.45) is 0.111. The molecule has 2 aromatic rings. The SMILES string of the molecule is COc1ccc(C)cc1CN(C)C(=O)CCC(=O)N1CC(=O)Nc2ccccc21. The van der Waals surface area contributed by atoms with Crippen LogP contribution in [-0.2, 0) is 20.9 Å². The van der Waals surface area contributed by atoms with Crippen LogP contribution >= 0.6 is 0 Å². The van der Waals surface area contributed by atoms with Crippen LogP contribution in [0.15, 0.2) is 42.5 Å². The van der Waals surface area contributed by atoms with Gasteiger partial charge in [0.1, 0.15) is 12.3 Å². The summed E-state index contributed by atoms with van der Waals surface area (Å²) in [6, 6.07) is 13.0. The molecule has 2 aromatic carbocycles. The molecule has 0 unspecified atom stereocenters. The van der Waals surface area contributed by atoms with Crippen molar-refractivity contribution in [1.82, 2.24) is 4.90 Å². The Morgan fingerprint density at radius 3 is 2.69 bits per heavy atom. The van der Waals surface area contributed by atoms with Crippen LogP contribution in [0.1, 0.15) is 24.0 Å². The molecule has 0 spiro atoms. The van der Waals surface area contributed by atoms with Crippen LogP contribution in [0.5, 0.6) is 5.75 Å². The van der Waals surface area contributed by atoms with Crippen molar-refractivity contribution in [2.24, 2.45) is 0 Å². The third-order valence-electron chi connectivity index (χ3n) is 4.89. The Kier molecular flexibility index (Phi) is 6.16. The minimum absolute atomic E-state index is 0.0374. The molecule has 0 saturated heterocycles. The molecular weight excluding hydrogens is 370 g/mol. The molecule has 1 aliphatic heterocycles. The predicted octanol–water partition coefficient (Wildman–Crippen LogP) is 2.73. The largest absolute Gasteiger partial charge is 0.496 e. The minimum Gasteiger partial charge on any atom is -0.496 e. The Morgan fingerprint density at radius 1 is 1.17 bits per heavy atom. The number of carbonyl (C=O) groups excluding carboxylic acids is 3. The predicted molar refractivity (Wildman–Crippen MR) is 111 cm³/mol. The van der Waals surface area contributed by atoms with E-state index in [1.807, 2.05) is 31.2 Å². The van der Waals surface area contributed by atoms with Gasteiger partial charge in [-0.05, 0) is 25.1 Å². The van der Waals surface area contributed by atoms with E-state index in [2.05, 4.69) is 5.32 Å². The second-order valence-corrected chi connectivity index (χ2v) is 7.11. The Balaban J connectivity index is 1.61. The molecule has 152 valence electrons. The first-order valence-electron chi connectivity index (χ1n) is 9.45. The van der Waals surface area contributed by atoms with Gasteiger partial charge in [0.25, 0.3) is 0 Å². The summed E-state index contributed by atoms with van der Waals surface area (Å²) < 4.78 is 5.37. The number of methoxy groups -OCH3 is 1. The first kappa shape index (κ1) is 20.4. The summed E-state index contributed by atoms with van der Waals surface area (Å²) in [7, 11) is 3.31. The number of hydrogen-bond donors (Lipinski definition) is 1. The molecule has 7 nitrogen and oxygen atoms in total. The second kappa shape index (κ2) is 8.77. The summed E-state index contributed by atoms with van der Waals surface area (Å²) in [4.78, 5) is 40.2. The minimum atomic E-state index is -0.248. The molecule has 0 saturated carbocycles. The van der Waals surface area contributed by atoms with Crippen molar-refractivity contribution in [3.05, 3.63) is 53.6 Å². The van der Waals surface area contributed by atoms with Crippen molar-refractivity contribution in [3.8, 4) is 5.75 Å². The summed E-state index contributed by atoms with van der Waals surface area (Å²) in [6.45, 7) is 2.34. The third-order valence-corrected chi connectivity index (χ3v) is 4.89. The second-order valence-electron chi connectivity index (χ2n) is 7.11. The molecule has 3 rings (SSSR count). The number of para-hydroxylation sites is 2. The molecule has 0 atom stereocenters. The fraction of sp³-hybridized carbons (Fsp3) is 0.318. The van der Waals surface area contributed by atoms with E-state index in [0.29, 0.717) is 17.9 Å². The topological polar surface area (TPSA) is 79.0 Å². The zero-order valence-corrected chi connectivity index (χ0v) is 16.9. The molecule has 3 amide bonds. The van der Waals surface area contributed by atoms with Gasteiger partial charge in [-0.2, -0.15) is 0 Å². The zero-order chi connectivity index (χ0) is 21.0. The van der Waals surface area contributed by atoms with E-state index in [9.17, 15) is 14.4 Å². The number of nitrogens with zero attached hydrogens (tertiary/aromatic N) is 2. The van der Waals surface area contributed by atoms with Crippen LogP contribution in [0.2, 0.25) is 0 Å². The smallest absolute Gasteiger partial charge is 0.244 e. The van der Waals surface area contributed by atoms with E-state index in [1.165, 1.54) is 4.90 Å². The van der Waals surface area contributed by atoms with Gasteiger partial charge < -0.3 is 19.9 Å². The van der Waals surface area contributed by atoms with Gasteiger partial charge in [-0.1, -0.05) is 29.8 Å². The number of ether oxygens (including phenoxy) is 1. The van der Waals surface area contributed by atoms with Gasteiger partial charge in [-0.25, -0.2) is 0 Å². The molecule has 1 aliphatic rings. The highest BCUT2D eigenvalue weighted by Crippen LogP contribution is 2.29. The Bertz CT molecular complexity index is 941. The standard InChI is InChI=1S/C22H25N3O4/c1-15-8-9-19(29-3)16(12-15)13-24(2)21(27)10-11-22(28)25-14-20(26)23-17-6-4-5-7-18(17)25/h4-9,12H,10-11,13-14H2,1-3H3,(H,23,26). The van der Waals surface area contributed by atoms with Crippen molar-refractivity contribution in [2.45, 2.75) is 26.3 Å². The molecule has 0 aliphatic carbocycles. The van der Waals surface area contributed by atoms with Gasteiger partial charge in [-0.3, -0.25) is 14.4 Å². The molecule has 1 N–H and O–H groups in total. The van der Waals surface area contributed by atoms with Crippen molar-refractivity contribution in [2.75, 3.05) is 30.9 Å². The maximum Gasteiger partial charge on any atom is 0.244 e. The van der Waals surface area contributed by atoms with Gasteiger partial charge in [0.15, 0.2) is 0 Å². The molecule has 1 heterocycles. The Hall–Kier alpha value is -3.35. The van der Waals surface area contributed by atoms with Crippen LogP contribution in [0.4, 0.5) is 11.4 Å². The number of hydrogen-bond acceptors (Lipinski definition) is 4. The number of nitrogens with one attached hydrogen (secondary N) is 1. The van der Waals surface area contributed by atoms with Crippen LogP contribution in [0.25, 0.3) is 0 Å². The van der Waals surface area contributed by atoms with Gasteiger partial charge in [-0.15, -0.1) is 0 Å². The normalized spacial score (nSPS) is 12.8. The molecule has 0 fully saturated rings. The summed E-state index contributed by atoms with van der Waals surface area (Å²) in [5.41, 5.74) is 3.25. The van der Waals surface area contributed by atoms with E-state index in [0.717, 1.165) is 16.9 Å². The van der Waals surface area contributed by atoms with E-state index >= 15 is 0 Å². The quantitative estimate of drug-likeness (QED) is 0.816. The third kappa shape index (κ3) is 4.74. The number of aryl methyl sites for hydroxylation is 1. The lowest BCUT2D eigenvalue weighted by Gasteiger charge is -2.29. The summed E-state index contributed by atoms with van der Waals surface area (Å²) >= 11 is 0. The van der Waals surface area contributed by atoms with Gasteiger partial charge in [0.05, 0.1) is 18.5 Å². The first-order valence-corrected chi connectivity index (χ1v) is 9.45. The van der Waals surface area contributed by atoms with Crippen LogP contribution in [0, 0.1) is 6.92 Å². The van der Waals surface area contributed by atoms with Crippen molar-refractivity contribution < 1.29 is 19.1 Å². The monoisotopic (exact) mass is 395 g/mol. The Labute approximate surface area is 170 Å². The lowest BCUT2D eigenvalue weighted by Crippen LogP contribution is -2.42. The van der Waals surface area contributed by atoms with Crippen molar-refractivity contribution in [1.29, 1.82) is 0 Å². The lowest BCUT2D eigenvalue weighted by atomic mass is 10.1. The van der Waals surface area contributed by atoms with E-state index in [1.54, 1.807) is 37.3 Å².